The lowest BCUT2D eigenvalue weighted by molar-refractivity contribution is 0.725. The zero-order valence-corrected chi connectivity index (χ0v) is 10.6. The molecule has 0 saturated heterocycles. The molecule has 0 atom stereocenters. The Balaban J connectivity index is 1.90. The molecule has 0 fully saturated rings. The van der Waals surface area contributed by atoms with Crippen LogP contribution in [-0.2, 0) is 6.54 Å². The van der Waals surface area contributed by atoms with Crippen LogP contribution in [0.15, 0.2) is 35.5 Å². The Morgan fingerprint density at radius 3 is 3.06 bits per heavy atom. The van der Waals surface area contributed by atoms with Gasteiger partial charge in [-0.25, -0.2) is 9.97 Å². The van der Waals surface area contributed by atoms with Crippen LogP contribution in [0, 0.1) is 6.92 Å². The second kappa shape index (κ2) is 5.12. The highest BCUT2D eigenvalue weighted by molar-refractivity contribution is 9.10. The van der Waals surface area contributed by atoms with Gasteiger partial charge in [-0.15, -0.1) is 0 Å². The number of nitrogens with one attached hydrogen (secondary N) is 1. The highest BCUT2D eigenvalue weighted by Crippen LogP contribution is 2.16. The van der Waals surface area contributed by atoms with Crippen molar-refractivity contribution >= 4 is 21.7 Å². The average Bonchev–Trinajstić information content (AvgIpc) is 2.74. The number of hydrogen-bond acceptors (Lipinski definition) is 3. The summed E-state index contributed by atoms with van der Waals surface area (Å²) in [5.41, 5.74) is 1.14. The molecule has 0 aliphatic rings. The summed E-state index contributed by atoms with van der Waals surface area (Å²) in [7, 11) is 0. The molecule has 0 aliphatic carbocycles. The molecule has 4 nitrogen and oxygen atoms in total. The second-order valence-electron chi connectivity index (χ2n) is 3.55. The smallest absolute Gasteiger partial charge is 0.128 e. The van der Waals surface area contributed by atoms with Crippen molar-refractivity contribution < 1.29 is 0 Å². The fourth-order valence-corrected chi connectivity index (χ4v) is 1.89. The van der Waals surface area contributed by atoms with Crippen LogP contribution in [0.3, 0.4) is 0 Å². The molecule has 0 saturated carbocycles. The Morgan fingerprint density at radius 2 is 2.38 bits per heavy atom. The van der Waals surface area contributed by atoms with Crippen LogP contribution in [0.1, 0.15) is 5.56 Å². The Morgan fingerprint density at radius 1 is 1.50 bits per heavy atom. The van der Waals surface area contributed by atoms with E-state index in [1.54, 1.807) is 12.4 Å². The first kappa shape index (κ1) is 11.1. The number of pyridine rings is 1. The topological polar surface area (TPSA) is 42.7 Å². The van der Waals surface area contributed by atoms with Gasteiger partial charge in [-0.2, -0.15) is 0 Å². The largest absolute Gasteiger partial charge is 0.368 e. The van der Waals surface area contributed by atoms with Crippen LogP contribution >= 0.6 is 15.9 Å². The zero-order valence-electron chi connectivity index (χ0n) is 9.02. The molecular weight excluding hydrogens is 268 g/mol. The van der Waals surface area contributed by atoms with E-state index >= 15 is 0 Å². The molecule has 5 heteroatoms. The van der Waals surface area contributed by atoms with E-state index in [2.05, 4.69) is 31.2 Å². The summed E-state index contributed by atoms with van der Waals surface area (Å²) in [6, 6.07) is 2.05. The van der Waals surface area contributed by atoms with Crippen LogP contribution in [0.5, 0.6) is 0 Å². The molecule has 0 bridgehead atoms. The maximum absolute atomic E-state index is 4.31. The van der Waals surface area contributed by atoms with Gasteiger partial charge in [0.1, 0.15) is 5.82 Å². The minimum absolute atomic E-state index is 0.839. The fraction of sp³-hybridized carbons (Fsp3) is 0.273. The Kier molecular flexibility index (Phi) is 3.56. The third-order valence-electron chi connectivity index (χ3n) is 2.27. The molecule has 2 aromatic heterocycles. The lowest BCUT2D eigenvalue weighted by Gasteiger charge is -2.08. The molecule has 2 heterocycles. The van der Waals surface area contributed by atoms with Crippen molar-refractivity contribution in [2.45, 2.75) is 13.5 Å². The first-order valence-electron chi connectivity index (χ1n) is 5.07. The van der Waals surface area contributed by atoms with E-state index in [4.69, 9.17) is 0 Å². The van der Waals surface area contributed by atoms with Gasteiger partial charge in [-0.1, -0.05) is 0 Å². The summed E-state index contributed by atoms with van der Waals surface area (Å²) in [5, 5.41) is 3.30. The minimum Gasteiger partial charge on any atom is -0.368 e. The van der Waals surface area contributed by atoms with Gasteiger partial charge in [0, 0.05) is 36.2 Å². The van der Waals surface area contributed by atoms with Crippen LogP contribution in [0.25, 0.3) is 0 Å². The third-order valence-corrected chi connectivity index (χ3v) is 2.70. The first-order valence-corrected chi connectivity index (χ1v) is 5.87. The summed E-state index contributed by atoms with van der Waals surface area (Å²) in [5.74, 6) is 0.934. The van der Waals surface area contributed by atoms with Gasteiger partial charge in [0.15, 0.2) is 0 Å². The molecule has 0 aromatic carbocycles. The van der Waals surface area contributed by atoms with E-state index in [0.717, 1.165) is 28.9 Å². The Bertz CT molecular complexity index is 453. The maximum Gasteiger partial charge on any atom is 0.128 e. The average molecular weight is 281 g/mol. The molecule has 0 unspecified atom stereocenters. The summed E-state index contributed by atoms with van der Waals surface area (Å²) < 4.78 is 3.03. The molecule has 0 radical (unpaired) electrons. The Hall–Kier alpha value is -1.36. The number of aromatic nitrogens is 3. The number of imidazole rings is 1. The molecule has 2 aromatic rings. The van der Waals surface area contributed by atoms with E-state index in [1.165, 1.54) is 0 Å². The number of halogens is 1. The number of nitrogens with zero attached hydrogens (tertiary/aromatic N) is 3. The molecule has 0 spiro atoms. The minimum atomic E-state index is 0.839. The second-order valence-corrected chi connectivity index (χ2v) is 4.46. The van der Waals surface area contributed by atoms with E-state index < -0.39 is 0 Å². The molecule has 0 amide bonds. The monoisotopic (exact) mass is 280 g/mol. The molecule has 0 aliphatic heterocycles. The maximum atomic E-state index is 4.31. The quantitative estimate of drug-likeness (QED) is 0.936. The van der Waals surface area contributed by atoms with Gasteiger partial charge in [-0.3, -0.25) is 0 Å². The summed E-state index contributed by atoms with van der Waals surface area (Å²) in [6.45, 7) is 3.76. The lowest BCUT2D eigenvalue weighted by Crippen LogP contribution is -2.10. The SMILES string of the molecule is Cc1cc(Br)cnc1NCCn1ccnc1. The summed E-state index contributed by atoms with van der Waals surface area (Å²) >= 11 is 3.39. The van der Waals surface area contributed by atoms with Gasteiger partial charge >= 0.3 is 0 Å². The number of anilines is 1. The standard InChI is InChI=1S/C11H13BrN4/c1-9-6-10(12)7-15-11(9)14-3-5-16-4-2-13-8-16/h2,4,6-8H,3,5H2,1H3,(H,14,15). The van der Waals surface area contributed by atoms with E-state index in [-0.39, 0.29) is 0 Å². The lowest BCUT2D eigenvalue weighted by atomic mass is 10.3. The van der Waals surface area contributed by atoms with Gasteiger partial charge in [0.25, 0.3) is 0 Å². The predicted octanol–water partition coefficient (Wildman–Crippen LogP) is 2.46. The van der Waals surface area contributed by atoms with Gasteiger partial charge in [0.05, 0.1) is 6.33 Å². The van der Waals surface area contributed by atoms with Crippen molar-refractivity contribution in [2.75, 3.05) is 11.9 Å². The molecule has 84 valence electrons. The predicted molar refractivity (Wildman–Crippen MR) is 67.4 cm³/mol. The number of rotatable bonds is 4. The van der Waals surface area contributed by atoms with Crippen LogP contribution < -0.4 is 5.32 Å². The number of hydrogen-bond donors (Lipinski definition) is 1. The molecule has 16 heavy (non-hydrogen) atoms. The highest BCUT2D eigenvalue weighted by Gasteiger charge is 1.99. The van der Waals surface area contributed by atoms with Gasteiger partial charge in [-0.05, 0) is 34.5 Å². The van der Waals surface area contributed by atoms with Gasteiger partial charge < -0.3 is 9.88 Å². The van der Waals surface area contributed by atoms with Crippen LogP contribution in [0.4, 0.5) is 5.82 Å². The summed E-state index contributed by atoms with van der Waals surface area (Å²) in [4.78, 5) is 8.30. The third kappa shape index (κ3) is 2.82. The first-order chi connectivity index (χ1) is 7.75. The van der Waals surface area contributed by atoms with Crippen LogP contribution in [-0.4, -0.2) is 21.1 Å². The molecule has 2 rings (SSSR count). The fourth-order valence-electron chi connectivity index (χ4n) is 1.45. The van der Waals surface area contributed by atoms with E-state index in [9.17, 15) is 0 Å². The van der Waals surface area contributed by atoms with Gasteiger partial charge in [0.2, 0.25) is 0 Å². The Labute approximate surface area is 103 Å². The van der Waals surface area contributed by atoms with Crippen LogP contribution in [0.2, 0.25) is 0 Å². The molecule has 1 N–H and O–H groups in total. The normalized spacial score (nSPS) is 10.4. The van der Waals surface area contributed by atoms with Crippen molar-refractivity contribution in [2.24, 2.45) is 0 Å². The number of aryl methyl sites for hydroxylation is 1. The van der Waals surface area contributed by atoms with Crippen molar-refractivity contribution in [3.63, 3.8) is 0 Å². The zero-order chi connectivity index (χ0) is 11.4. The van der Waals surface area contributed by atoms with Crippen molar-refractivity contribution in [3.05, 3.63) is 41.0 Å². The van der Waals surface area contributed by atoms with Crippen molar-refractivity contribution in [1.29, 1.82) is 0 Å². The van der Waals surface area contributed by atoms with E-state index in [1.807, 2.05) is 30.1 Å². The summed E-state index contributed by atoms with van der Waals surface area (Å²) in [6.07, 6.45) is 7.34. The van der Waals surface area contributed by atoms with E-state index in [0.29, 0.717) is 0 Å². The molecular formula is C11H13BrN4. The highest BCUT2D eigenvalue weighted by atomic mass is 79.9. The van der Waals surface area contributed by atoms with Crippen molar-refractivity contribution in [1.82, 2.24) is 14.5 Å². The van der Waals surface area contributed by atoms with Crippen molar-refractivity contribution in [3.8, 4) is 0 Å².